The van der Waals surface area contributed by atoms with Gasteiger partial charge in [-0.2, -0.15) is 0 Å². The van der Waals surface area contributed by atoms with Gasteiger partial charge in [-0.15, -0.1) is 0 Å². The van der Waals surface area contributed by atoms with Gasteiger partial charge in [0.15, 0.2) is 0 Å². The van der Waals surface area contributed by atoms with Crippen molar-refractivity contribution < 1.29 is 4.79 Å². The highest BCUT2D eigenvalue weighted by molar-refractivity contribution is 5.77. The van der Waals surface area contributed by atoms with Crippen LogP contribution < -0.4 is 5.73 Å². The van der Waals surface area contributed by atoms with Crippen LogP contribution >= 0.6 is 0 Å². The summed E-state index contributed by atoms with van der Waals surface area (Å²) in [7, 11) is 0. The van der Waals surface area contributed by atoms with E-state index in [1.54, 1.807) is 0 Å². The molecular weight excluding hydrogens is 262 g/mol. The smallest absolute Gasteiger partial charge is 0.223 e. The number of likely N-dealkylation sites (tertiary alicyclic amines) is 1. The van der Waals surface area contributed by atoms with E-state index in [4.69, 9.17) is 5.73 Å². The van der Waals surface area contributed by atoms with Crippen molar-refractivity contribution in [1.29, 1.82) is 0 Å². The highest BCUT2D eigenvalue weighted by Gasteiger charge is 2.29. The normalized spacial score (nSPS) is 19.7. The van der Waals surface area contributed by atoms with Gasteiger partial charge in [-0.05, 0) is 55.8 Å². The highest BCUT2D eigenvalue weighted by Crippen LogP contribution is 2.32. The van der Waals surface area contributed by atoms with E-state index in [0.29, 0.717) is 18.2 Å². The van der Waals surface area contributed by atoms with Crippen LogP contribution in [-0.2, 0) is 4.79 Å². The second-order valence-corrected chi connectivity index (χ2v) is 5.92. The Bertz CT molecular complexity index is 435. The van der Waals surface area contributed by atoms with Gasteiger partial charge < -0.3 is 10.6 Å². The minimum atomic E-state index is 0.245. The van der Waals surface area contributed by atoms with E-state index in [9.17, 15) is 4.79 Å². The van der Waals surface area contributed by atoms with Gasteiger partial charge in [0.2, 0.25) is 5.91 Å². The van der Waals surface area contributed by atoms with Crippen molar-refractivity contribution >= 4 is 5.91 Å². The van der Waals surface area contributed by atoms with E-state index in [2.05, 4.69) is 16.8 Å². The predicted molar refractivity (Wildman–Crippen MR) is 84.6 cm³/mol. The summed E-state index contributed by atoms with van der Waals surface area (Å²) in [5.41, 5.74) is 6.84. The Kier molecular flexibility index (Phi) is 6.18. The monoisotopic (exact) mass is 289 g/mol. The number of aromatic nitrogens is 1. The van der Waals surface area contributed by atoms with Gasteiger partial charge in [-0.3, -0.25) is 9.78 Å². The third-order valence-corrected chi connectivity index (χ3v) is 4.58. The largest absolute Gasteiger partial charge is 0.336 e. The number of carbonyl (C=O) groups excluding carboxylic acids is 1. The van der Waals surface area contributed by atoms with Crippen LogP contribution in [0.15, 0.2) is 24.5 Å². The van der Waals surface area contributed by atoms with E-state index >= 15 is 0 Å². The third-order valence-electron chi connectivity index (χ3n) is 4.58. The molecule has 2 rings (SSSR count). The zero-order valence-corrected chi connectivity index (χ0v) is 13.0. The molecule has 1 fully saturated rings. The minimum Gasteiger partial charge on any atom is -0.336 e. The molecule has 2 heterocycles. The van der Waals surface area contributed by atoms with Crippen LogP contribution in [0.3, 0.4) is 0 Å². The maximum absolute atomic E-state index is 12.5. The quantitative estimate of drug-likeness (QED) is 0.839. The summed E-state index contributed by atoms with van der Waals surface area (Å²) >= 11 is 0. The lowest BCUT2D eigenvalue weighted by Crippen LogP contribution is -2.30. The maximum atomic E-state index is 12.5. The molecule has 0 aliphatic carbocycles. The van der Waals surface area contributed by atoms with Crippen LogP contribution in [0, 0.1) is 5.92 Å². The first-order chi connectivity index (χ1) is 10.3. The van der Waals surface area contributed by atoms with E-state index in [0.717, 1.165) is 45.2 Å². The lowest BCUT2D eigenvalue weighted by atomic mass is 9.96. The van der Waals surface area contributed by atoms with E-state index in [1.807, 2.05) is 24.5 Å². The molecule has 0 aromatic carbocycles. The van der Waals surface area contributed by atoms with Crippen molar-refractivity contribution in [2.24, 2.45) is 11.7 Å². The lowest BCUT2D eigenvalue weighted by Gasteiger charge is -2.26. The van der Waals surface area contributed by atoms with Gasteiger partial charge in [0.05, 0.1) is 6.04 Å². The van der Waals surface area contributed by atoms with Gasteiger partial charge in [-0.1, -0.05) is 13.3 Å². The van der Waals surface area contributed by atoms with Crippen LogP contribution in [0.25, 0.3) is 0 Å². The number of nitrogens with two attached hydrogens (primary N) is 1. The molecule has 0 bridgehead atoms. The number of carbonyl (C=O) groups is 1. The first-order valence-electron chi connectivity index (χ1n) is 8.15. The topological polar surface area (TPSA) is 59.2 Å². The standard InChI is InChI=1S/C17H27N3O/c1-2-14(7-10-18)5-6-17(21)20-13-3-4-16(20)15-8-11-19-12-9-15/h8-9,11-12,14,16H,2-7,10,13,18H2,1H3. The summed E-state index contributed by atoms with van der Waals surface area (Å²) in [4.78, 5) is 18.7. The zero-order chi connectivity index (χ0) is 15.1. The summed E-state index contributed by atoms with van der Waals surface area (Å²) in [6.07, 6.45) is 9.53. The fourth-order valence-electron chi connectivity index (χ4n) is 3.26. The molecule has 0 spiro atoms. The SMILES string of the molecule is CCC(CCN)CCC(=O)N1CCCC1c1ccncc1. The average Bonchev–Trinajstić information content (AvgIpc) is 3.01. The molecular formula is C17H27N3O. The van der Waals surface area contributed by atoms with Gasteiger partial charge in [0.25, 0.3) is 0 Å². The van der Waals surface area contributed by atoms with Crippen molar-refractivity contribution in [1.82, 2.24) is 9.88 Å². The number of amides is 1. The molecule has 4 heteroatoms. The number of rotatable bonds is 7. The maximum Gasteiger partial charge on any atom is 0.223 e. The molecule has 0 radical (unpaired) electrons. The Morgan fingerprint density at radius 1 is 1.43 bits per heavy atom. The molecule has 21 heavy (non-hydrogen) atoms. The number of nitrogens with zero attached hydrogens (tertiary/aromatic N) is 2. The second kappa shape index (κ2) is 8.13. The molecule has 1 amide bonds. The number of hydrogen-bond donors (Lipinski definition) is 1. The minimum absolute atomic E-state index is 0.245. The van der Waals surface area contributed by atoms with Gasteiger partial charge in [-0.25, -0.2) is 0 Å². The van der Waals surface area contributed by atoms with Crippen molar-refractivity contribution in [3.05, 3.63) is 30.1 Å². The molecule has 116 valence electrons. The Labute approximate surface area is 127 Å². The summed E-state index contributed by atoms with van der Waals surface area (Å²) in [5, 5.41) is 0. The molecule has 2 atom stereocenters. The summed E-state index contributed by atoms with van der Waals surface area (Å²) in [6.45, 7) is 3.79. The number of pyridine rings is 1. The third kappa shape index (κ3) is 4.27. The van der Waals surface area contributed by atoms with Gasteiger partial charge >= 0.3 is 0 Å². The van der Waals surface area contributed by atoms with E-state index in [1.165, 1.54) is 5.56 Å². The van der Waals surface area contributed by atoms with Crippen LogP contribution in [0.5, 0.6) is 0 Å². The number of hydrogen-bond acceptors (Lipinski definition) is 3. The molecule has 1 aliphatic heterocycles. The van der Waals surface area contributed by atoms with Crippen LogP contribution in [0.1, 0.15) is 57.1 Å². The Hall–Kier alpha value is -1.42. The lowest BCUT2D eigenvalue weighted by molar-refractivity contribution is -0.132. The second-order valence-electron chi connectivity index (χ2n) is 5.92. The average molecular weight is 289 g/mol. The molecule has 0 saturated carbocycles. The molecule has 1 aromatic heterocycles. The fraction of sp³-hybridized carbons (Fsp3) is 0.647. The van der Waals surface area contributed by atoms with Crippen LogP contribution in [0.2, 0.25) is 0 Å². The Morgan fingerprint density at radius 3 is 2.86 bits per heavy atom. The van der Waals surface area contributed by atoms with Gasteiger partial charge in [0.1, 0.15) is 0 Å². The van der Waals surface area contributed by atoms with Crippen LogP contribution in [-0.4, -0.2) is 28.9 Å². The molecule has 2 unspecified atom stereocenters. The first-order valence-corrected chi connectivity index (χ1v) is 8.15. The Morgan fingerprint density at radius 2 is 2.19 bits per heavy atom. The molecule has 1 saturated heterocycles. The van der Waals surface area contributed by atoms with E-state index in [-0.39, 0.29) is 6.04 Å². The first kappa shape index (κ1) is 16.0. The van der Waals surface area contributed by atoms with Crippen molar-refractivity contribution in [2.45, 2.75) is 51.5 Å². The zero-order valence-electron chi connectivity index (χ0n) is 13.0. The summed E-state index contributed by atoms with van der Waals surface area (Å²) in [5.74, 6) is 0.880. The Balaban J connectivity index is 1.92. The fourth-order valence-corrected chi connectivity index (χ4v) is 3.26. The summed E-state index contributed by atoms with van der Waals surface area (Å²) in [6, 6.07) is 4.30. The molecule has 4 nitrogen and oxygen atoms in total. The predicted octanol–water partition coefficient (Wildman–Crippen LogP) is 2.90. The van der Waals surface area contributed by atoms with Crippen LogP contribution in [0.4, 0.5) is 0 Å². The van der Waals surface area contributed by atoms with E-state index < -0.39 is 0 Å². The molecule has 1 aromatic rings. The van der Waals surface area contributed by atoms with Crippen molar-refractivity contribution in [2.75, 3.05) is 13.1 Å². The molecule has 2 N–H and O–H groups in total. The van der Waals surface area contributed by atoms with Crippen molar-refractivity contribution in [3.63, 3.8) is 0 Å². The highest BCUT2D eigenvalue weighted by atomic mass is 16.2. The van der Waals surface area contributed by atoms with Gasteiger partial charge in [0, 0.05) is 25.4 Å². The van der Waals surface area contributed by atoms with Crippen molar-refractivity contribution in [3.8, 4) is 0 Å². The molecule has 1 aliphatic rings. The summed E-state index contributed by atoms with van der Waals surface area (Å²) < 4.78 is 0.